The number of benzene rings is 1. The van der Waals surface area contributed by atoms with Crippen molar-refractivity contribution in [3.63, 3.8) is 0 Å². The van der Waals surface area contributed by atoms with Crippen LogP contribution in [0.15, 0.2) is 24.3 Å². The number of halogens is 1. The Morgan fingerprint density at radius 3 is 2.45 bits per heavy atom. The lowest BCUT2D eigenvalue weighted by atomic mass is 9.86. The zero-order valence-electron chi connectivity index (χ0n) is 13.5. The highest BCUT2D eigenvalue weighted by Gasteiger charge is 2.21. The summed E-state index contributed by atoms with van der Waals surface area (Å²) in [6, 6.07) is 6.92. The molecule has 0 bridgehead atoms. The van der Waals surface area contributed by atoms with E-state index in [9.17, 15) is 4.39 Å². The van der Waals surface area contributed by atoms with Gasteiger partial charge in [0, 0.05) is 0 Å². The van der Waals surface area contributed by atoms with Crippen LogP contribution in [0.3, 0.4) is 0 Å². The molecule has 3 rings (SSSR count). The Morgan fingerprint density at radius 2 is 1.77 bits per heavy atom. The van der Waals surface area contributed by atoms with Gasteiger partial charge in [-0.15, -0.1) is 10.2 Å². The summed E-state index contributed by atoms with van der Waals surface area (Å²) in [5, 5.41) is 12.9. The second-order valence-electron chi connectivity index (χ2n) is 6.67. The second kappa shape index (κ2) is 4.87. The maximum absolute atomic E-state index is 14.1. The van der Waals surface area contributed by atoms with Crippen molar-refractivity contribution in [1.29, 1.82) is 0 Å². The summed E-state index contributed by atoms with van der Waals surface area (Å²) in [7, 11) is 0. The molecule has 2 heterocycles. The third-order valence-corrected chi connectivity index (χ3v) is 3.75. The lowest BCUT2D eigenvalue weighted by molar-refractivity contribution is 0.578. The number of aromatic nitrogens is 4. The molecule has 0 atom stereocenters. The molecule has 0 spiro atoms. The minimum Gasteiger partial charge on any atom is -0.206 e. The van der Waals surface area contributed by atoms with Gasteiger partial charge in [-0.3, -0.25) is 0 Å². The molecule has 0 aliphatic rings. The van der Waals surface area contributed by atoms with Crippen LogP contribution in [0.25, 0.3) is 17.0 Å². The van der Waals surface area contributed by atoms with Crippen LogP contribution < -0.4 is 0 Å². The van der Waals surface area contributed by atoms with Gasteiger partial charge in [0.25, 0.3) is 0 Å². The molecule has 0 unspecified atom stereocenters. The summed E-state index contributed by atoms with van der Waals surface area (Å²) in [6.07, 6.45) is 0. The van der Waals surface area contributed by atoms with E-state index in [0.717, 1.165) is 16.8 Å². The van der Waals surface area contributed by atoms with Crippen LogP contribution in [0.2, 0.25) is 0 Å². The van der Waals surface area contributed by atoms with E-state index < -0.39 is 0 Å². The Hall–Kier alpha value is -2.30. The highest BCUT2D eigenvalue weighted by atomic mass is 19.1. The molecule has 0 aliphatic heterocycles. The van der Waals surface area contributed by atoms with Gasteiger partial charge in [0.05, 0.1) is 11.3 Å². The van der Waals surface area contributed by atoms with Crippen molar-refractivity contribution in [2.45, 2.75) is 40.0 Å². The zero-order chi connectivity index (χ0) is 16.1. The molecule has 3 aromatic rings. The van der Waals surface area contributed by atoms with E-state index in [1.54, 1.807) is 16.6 Å². The van der Waals surface area contributed by atoms with Crippen LogP contribution in [-0.4, -0.2) is 19.8 Å². The Balaban J connectivity index is 2.26. The number of hydrogen-bond donors (Lipinski definition) is 0. The number of nitrogens with zero attached hydrogens (tertiary/aromatic N) is 4. The van der Waals surface area contributed by atoms with E-state index in [2.05, 4.69) is 36.1 Å². The van der Waals surface area contributed by atoms with Gasteiger partial charge in [0.1, 0.15) is 5.82 Å². The Kier molecular flexibility index (Phi) is 3.24. The average molecular weight is 298 g/mol. The lowest BCUT2D eigenvalue weighted by Crippen LogP contribution is -2.15. The van der Waals surface area contributed by atoms with Gasteiger partial charge in [-0.05, 0) is 43.0 Å². The number of aryl methyl sites for hydroxylation is 2. The Bertz CT molecular complexity index is 859. The normalized spacial score (nSPS) is 12.1. The molecule has 5 heteroatoms. The summed E-state index contributed by atoms with van der Waals surface area (Å²) in [6.45, 7) is 10.3. The first kappa shape index (κ1) is 14.6. The maximum Gasteiger partial charge on any atom is 0.188 e. The van der Waals surface area contributed by atoms with E-state index >= 15 is 0 Å². The van der Waals surface area contributed by atoms with Crippen molar-refractivity contribution < 1.29 is 4.39 Å². The van der Waals surface area contributed by atoms with Crippen LogP contribution in [0.4, 0.5) is 4.39 Å². The number of fused-ring (bicyclic) bond motifs is 1. The van der Waals surface area contributed by atoms with E-state index in [0.29, 0.717) is 17.0 Å². The molecule has 0 N–H and O–H groups in total. The highest BCUT2D eigenvalue weighted by molar-refractivity contribution is 5.61. The quantitative estimate of drug-likeness (QED) is 0.685. The molecule has 0 aliphatic carbocycles. The van der Waals surface area contributed by atoms with Crippen molar-refractivity contribution in [3.05, 3.63) is 46.9 Å². The fourth-order valence-electron chi connectivity index (χ4n) is 2.66. The topological polar surface area (TPSA) is 43.1 Å². The third-order valence-electron chi connectivity index (χ3n) is 3.75. The van der Waals surface area contributed by atoms with Gasteiger partial charge in [0.15, 0.2) is 11.5 Å². The van der Waals surface area contributed by atoms with Crippen molar-refractivity contribution in [2.75, 3.05) is 0 Å². The van der Waals surface area contributed by atoms with Gasteiger partial charge in [-0.25, -0.2) is 4.39 Å². The predicted octanol–water partition coefficient (Wildman–Crippen LogP) is 3.84. The van der Waals surface area contributed by atoms with Crippen molar-refractivity contribution >= 4 is 5.65 Å². The van der Waals surface area contributed by atoms with Crippen molar-refractivity contribution in [2.24, 2.45) is 0 Å². The molecular weight excluding hydrogens is 279 g/mol. The average Bonchev–Trinajstić information content (AvgIpc) is 2.82. The molecule has 1 aromatic carbocycles. The minimum absolute atomic E-state index is 0.0282. The van der Waals surface area contributed by atoms with E-state index in [1.807, 2.05) is 19.9 Å². The monoisotopic (exact) mass is 298 g/mol. The summed E-state index contributed by atoms with van der Waals surface area (Å²) >= 11 is 0. The molecule has 0 radical (unpaired) electrons. The van der Waals surface area contributed by atoms with Crippen molar-refractivity contribution in [3.8, 4) is 11.4 Å². The Morgan fingerprint density at radius 1 is 1.05 bits per heavy atom. The van der Waals surface area contributed by atoms with Crippen LogP contribution in [0.5, 0.6) is 0 Å². The molecule has 2 aromatic heterocycles. The third kappa shape index (κ3) is 2.36. The fourth-order valence-corrected chi connectivity index (χ4v) is 2.66. The lowest BCUT2D eigenvalue weighted by Gasteiger charge is -2.20. The zero-order valence-corrected chi connectivity index (χ0v) is 13.5. The van der Waals surface area contributed by atoms with Crippen LogP contribution in [0, 0.1) is 19.7 Å². The standard InChI is InChI=1S/C17H19FN4/c1-10-6-7-14(18)12(8-10)16-20-19-15-9-13(17(3,4)5)11(2)21-22(15)16/h6-9H,1-5H3. The molecule has 4 nitrogen and oxygen atoms in total. The first-order valence-electron chi connectivity index (χ1n) is 7.27. The fraction of sp³-hybridized carbons (Fsp3) is 0.353. The van der Waals surface area contributed by atoms with Crippen molar-refractivity contribution in [1.82, 2.24) is 19.8 Å². The van der Waals surface area contributed by atoms with Gasteiger partial charge in [0.2, 0.25) is 0 Å². The predicted molar refractivity (Wildman–Crippen MR) is 84.4 cm³/mol. The van der Waals surface area contributed by atoms with Crippen LogP contribution in [-0.2, 0) is 5.41 Å². The van der Waals surface area contributed by atoms with Gasteiger partial charge < -0.3 is 0 Å². The number of hydrogen-bond acceptors (Lipinski definition) is 3. The highest BCUT2D eigenvalue weighted by Crippen LogP contribution is 2.27. The number of rotatable bonds is 1. The Labute approximate surface area is 129 Å². The molecule has 0 amide bonds. The molecule has 0 saturated heterocycles. The van der Waals surface area contributed by atoms with E-state index in [4.69, 9.17) is 0 Å². The van der Waals surface area contributed by atoms with Crippen LogP contribution in [0.1, 0.15) is 37.6 Å². The van der Waals surface area contributed by atoms with Gasteiger partial charge >= 0.3 is 0 Å². The smallest absolute Gasteiger partial charge is 0.188 e. The SMILES string of the molecule is Cc1ccc(F)c(-c2nnc3cc(C(C)(C)C)c(C)nn23)c1. The first-order chi connectivity index (χ1) is 10.3. The summed E-state index contributed by atoms with van der Waals surface area (Å²) in [5.74, 6) is 0.110. The largest absolute Gasteiger partial charge is 0.206 e. The molecule has 114 valence electrons. The van der Waals surface area contributed by atoms with Crippen LogP contribution >= 0.6 is 0 Å². The van der Waals surface area contributed by atoms with E-state index in [-0.39, 0.29) is 11.2 Å². The minimum atomic E-state index is -0.320. The molecular formula is C17H19FN4. The molecule has 0 fully saturated rings. The van der Waals surface area contributed by atoms with Gasteiger partial charge in [-0.1, -0.05) is 32.4 Å². The summed E-state index contributed by atoms with van der Waals surface area (Å²) < 4.78 is 15.7. The first-order valence-corrected chi connectivity index (χ1v) is 7.27. The molecule has 22 heavy (non-hydrogen) atoms. The summed E-state index contributed by atoms with van der Waals surface area (Å²) in [4.78, 5) is 0. The van der Waals surface area contributed by atoms with Gasteiger partial charge in [-0.2, -0.15) is 9.61 Å². The maximum atomic E-state index is 14.1. The summed E-state index contributed by atoms with van der Waals surface area (Å²) in [5.41, 5.74) is 4.00. The van der Waals surface area contributed by atoms with E-state index in [1.165, 1.54) is 6.07 Å². The second-order valence-corrected chi connectivity index (χ2v) is 6.67. The molecule has 0 saturated carbocycles.